The summed E-state index contributed by atoms with van der Waals surface area (Å²) in [6, 6.07) is 7.18. The summed E-state index contributed by atoms with van der Waals surface area (Å²) in [5, 5.41) is 3.07. The van der Waals surface area contributed by atoms with Crippen molar-refractivity contribution in [1.29, 1.82) is 0 Å². The van der Waals surface area contributed by atoms with Crippen LogP contribution in [0.15, 0.2) is 47.4 Å². The third kappa shape index (κ3) is 4.04. The number of urea groups is 1. The molecule has 1 fully saturated rings. The number of pyridine rings is 1. The Balaban J connectivity index is 1.49. The van der Waals surface area contributed by atoms with E-state index in [2.05, 4.69) is 10.3 Å². The fourth-order valence-electron chi connectivity index (χ4n) is 3.07. The van der Waals surface area contributed by atoms with Gasteiger partial charge >= 0.3 is 6.03 Å². The van der Waals surface area contributed by atoms with Gasteiger partial charge in [0.15, 0.2) is 0 Å². The van der Waals surface area contributed by atoms with Gasteiger partial charge in [0.25, 0.3) is 5.91 Å². The summed E-state index contributed by atoms with van der Waals surface area (Å²) in [6.07, 6.45) is 6.16. The van der Waals surface area contributed by atoms with Crippen molar-refractivity contribution in [2.24, 2.45) is 0 Å². The lowest BCUT2D eigenvalue weighted by atomic mass is 10.0. The van der Waals surface area contributed by atoms with Gasteiger partial charge in [-0.2, -0.15) is 0 Å². The van der Waals surface area contributed by atoms with Gasteiger partial charge < -0.3 is 19.5 Å². The smallest absolute Gasteiger partial charge is 0.317 e. The van der Waals surface area contributed by atoms with E-state index in [1.54, 1.807) is 29.1 Å². The van der Waals surface area contributed by atoms with Gasteiger partial charge in [-0.05, 0) is 38.0 Å². The molecule has 3 heterocycles. The average molecular weight is 356 g/mol. The van der Waals surface area contributed by atoms with Crippen LogP contribution >= 0.6 is 0 Å². The van der Waals surface area contributed by atoms with Gasteiger partial charge in [-0.1, -0.05) is 6.07 Å². The number of furan rings is 1. The van der Waals surface area contributed by atoms with Crippen LogP contribution in [0, 0.1) is 0 Å². The predicted molar refractivity (Wildman–Crippen MR) is 96.6 cm³/mol. The highest BCUT2D eigenvalue weighted by Crippen LogP contribution is 2.18. The van der Waals surface area contributed by atoms with Gasteiger partial charge in [-0.3, -0.25) is 9.78 Å². The number of carbonyl (C=O) groups is 2. The second kappa shape index (κ2) is 8.03. The van der Waals surface area contributed by atoms with Crippen molar-refractivity contribution in [2.45, 2.75) is 31.8 Å². The lowest BCUT2D eigenvalue weighted by Gasteiger charge is -2.34. The van der Waals surface area contributed by atoms with Crippen LogP contribution in [0.1, 0.15) is 41.9 Å². The van der Waals surface area contributed by atoms with Crippen molar-refractivity contribution >= 4 is 11.9 Å². The van der Waals surface area contributed by atoms with Crippen LogP contribution in [0.5, 0.6) is 0 Å². The van der Waals surface area contributed by atoms with Gasteiger partial charge in [0.2, 0.25) is 0 Å². The van der Waals surface area contributed by atoms with Crippen LogP contribution in [-0.4, -0.2) is 52.9 Å². The summed E-state index contributed by atoms with van der Waals surface area (Å²) < 4.78 is 4.97. The van der Waals surface area contributed by atoms with E-state index in [-0.39, 0.29) is 24.0 Å². The number of hydrogen-bond donors (Lipinski definition) is 1. The van der Waals surface area contributed by atoms with Crippen LogP contribution in [0.4, 0.5) is 4.79 Å². The Morgan fingerprint density at radius 1 is 1.31 bits per heavy atom. The van der Waals surface area contributed by atoms with Crippen molar-refractivity contribution in [3.63, 3.8) is 0 Å². The molecule has 1 unspecified atom stereocenters. The molecular formula is C19H24N4O3. The molecule has 0 saturated carbocycles. The summed E-state index contributed by atoms with van der Waals surface area (Å²) in [7, 11) is 1.77. The maximum Gasteiger partial charge on any atom is 0.317 e. The highest BCUT2D eigenvalue weighted by Gasteiger charge is 2.27. The summed E-state index contributed by atoms with van der Waals surface area (Å²) in [5.74, 6) is -0.0237. The number of carbonyl (C=O) groups excluding carboxylic acids is 2. The second-order valence-electron chi connectivity index (χ2n) is 6.57. The molecule has 1 atom stereocenters. The summed E-state index contributed by atoms with van der Waals surface area (Å²) in [6.45, 7) is 3.19. The van der Waals surface area contributed by atoms with E-state index >= 15 is 0 Å². The Hall–Kier alpha value is -2.83. The molecule has 2 aromatic heterocycles. The molecule has 0 radical (unpaired) electrons. The molecule has 3 amide bonds. The molecule has 26 heavy (non-hydrogen) atoms. The fourth-order valence-corrected chi connectivity index (χ4v) is 3.07. The zero-order chi connectivity index (χ0) is 18.5. The maximum absolute atomic E-state index is 12.5. The van der Waals surface area contributed by atoms with Crippen molar-refractivity contribution in [1.82, 2.24) is 20.1 Å². The highest BCUT2D eigenvalue weighted by molar-refractivity contribution is 5.93. The van der Waals surface area contributed by atoms with Crippen LogP contribution in [0.3, 0.4) is 0 Å². The second-order valence-corrected chi connectivity index (χ2v) is 6.57. The highest BCUT2D eigenvalue weighted by atomic mass is 16.3. The Morgan fingerprint density at radius 2 is 2.08 bits per heavy atom. The number of nitrogens with one attached hydrogen (secondary N) is 1. The topological polar surface area (TPSA) is 78.7 Å². The number of amides is 3. The van der Waals surface area contributed by atoms with Crippen molar-refractivity contribution in [3.05, 3.63) is 54.2 Å². The number of hydrogen-bond acceptors (Lipinski definition) is 4. The zero-order valence-corrected chi connectivity index (χ0v) is 15.1. The van der Waals surface area contributed by atoms with E-state index in [0.717, 1.165) is 18.5 Å². The lowest BCUT2D eigenvalue weighted by Crippen LogP contribution is -2.49. The van der Waals surface area contributed by atoms with Crippen LogP contribution in [0.2, 0.25) is 0 Å². The Labute approximate surface area is 153 Å². The molecule has 0 spiro atoms. The van der Waals surface area contributed by atoms with Gasteiger partial charge in [0.05, 0.1) is 23.6 Å². The third-order valence-corrected chi connectivity index (χ3v) is 4.89. The third-order valence-electron chi connectivity index (χ3n) is 4.89. The van der Waals surface area contributed by atoms with E-state index < -0.39 is 0 Å². The number of piperidine rings is 1. The minimum absolute atomic E-state index is 0.0237. The minimum atomic E-state index is -0.122. The summed E-state index contributed by atoms with van der Waals surface area (Å²) in [4.78, 5) is 32.6. The van der Waals surface area contributed by atoms with E-state index in [1.165, 1.54) is 12.5 Å². The summed E-state index contributed by atoms with van der Waals surface area (Å²) >= 11 is 0. The van der Waals surface area contributed by atoms with Gasteiger partial charge in [0.1, 0.15) is 6.26 Å². The molecule has 7 nitrogen and oxygen atoms in total. The SMILES string of the molecule is CC(c1ccccn1)N(C)C(=O)NC1CCN(C(=O)c2ccoc2)CC1. The molecule has 2 aromatic rings. The summed E-state index contributed by atoms with van der Waals surface area (Å²) in [5.41, 5.74) is 1.42. The first kappa shape index (κ1) is 18.0. The van der Waals surface area contributed by atoms with Gasteiger partial charge in [0, 0.05) is 32.4 Å². The van der Waals surface area contributed by atoms with Crippen molar-refractivity contribution < 1.29 is 14.0 Å². The van der Waals surface area contributed by atoms with Gasteiger partial charge in [-0.15, -0.1) is 0 Å². The van der Waals surface area contributed by atoms with Crippen LogP contribution < -0.4 is 5.32 Å². The molecule has 0 aliphatic carbocycles. The molecule has 1 saturated heterocycles. The van der Waals surface area contributed by atoms with Crippen molar-refractivity contribution in [2.75, 3.05) is 20.1 Å². The van der Waals surface area contributed by atoms with Crippen LogP contribution in [0.25, 0.3) is 0 Å². The Morgan fingerprint density at radius 3 is 2.69 bits per heavy atom. The molecule has 0 aromatic carbocycles. The number of rotatable bonds is 4. The first-order valence-corrected chi connectivity index (χ1v) is 8.82. The maximum atomic E-state index is 12.5. The monoisotopic (exact) mass is 356 g/mol. The molecule has 1 aliphatic heterocycles. The Bertz CT molecular complexity index is 725. The van der Waals surface area contributed by atoms with Crippen molar-refractivity contribution in [3.8, 4) is 0 Å². The number of likely N-dealkylation sites (tertiary alicyclic amines) is 1. The molecule has 0 bridgehead atoms. The average Bonchev–Trinajstić information content (AvgIpc) is 3.22. The van der Waals surface area contributed by atoms with Crippen LogP contribution in [-0.2, 0) is 0 Å². The quantitative estimate of drug-likeness (QED) is 0.913. The predicted octanol–water partition coefficient (Wildman–Crippen LogP) is 2.68. The van der Waals surface area contributed by atoms with E-state index in [9.17, 15) is 9.59 Å². The van der Waals surface area contributed by atoms with Gasteiger partial charge in [-0.25, -0.2) is 4.79 Å². The molecule has 7 heteroatoms. The number of nitrogens with zero attached hydrogens (tertiary/aromatic N) is 3. The van der Waals surface area contributed by atoms with E-state index in [0.29, 0.717) is 18.7 Å². The largest absolute Gasteiger partial charge is 0.472 e. The molecular weight excluding hydrogens is 332 g/mol. The standard InChI is InChI=1S/C19H24N4O3/c1-14(17-5-3-4-9-20-17)22(2)19(25)21-16-6-10-23(11-7-16)18(24)15-8-12-26-13-15/h3-5,8-9,12-14,16H,6-7,10-11H2,1-2H3,(H,21,25). The number of aromatic nitrogens is 1. The minimum Gasteiger partial charge on any atom is -0.472 e. The zero-order valence-electron chi connectivity index (χ0n) is 15.1. The first-order valence-electron chi connectivity index (χ1n) is 8.82. The van der Waals surface area contributed by atoms with E-state index in [1.807, 2.05) is 25.1 Å². The Kier molecular flexibility index (Phi) is 5.55. The molecule has 1 aliphatic rings. The molecule has 1 N–H and O–H groups in total. The lowest BCUT2D eigenvalue weighted by molar-refractivity contribution is 0.0705. The fraction of sp³-hybridized carbons (Fsp3) is 0.421. The molecule has 138 valence electrons. The first-order chi connectivity index (χ1) is 12.6. The van der Waals surface area contributed by atoms with E-state index in [4.69, 9.17) is 4.42 Å². The molecule has 3 rings (SSSR count). The normalized spacial score (nSPS) is 16.2.